The van der Waals surface area contributed by atoms with Gasteiger partial charge in [0.15, 0.2) is 0 Å². The Labute approximate surface area is 80.4 Å². The highest BCUT2D eigenvalue weighted by Gasteiger charge is 1.84. The Morgan fingerprint density at radius 1 is 1.36 bits per heavy atom. The summed E-state index contributed by atoms with van der Waals surface area (Å²) in [5.74, 6) is 0.792. The molecule has 0 bridgehead atoms. The van der Waals surface area contributed by atoms with E-state index in [1.807, 2.05) is 18.2 Å². The Bertz CT molecular complexity index is 371. The van der Waals surface area contributed by atoms with Gasteiger partial charge >= 0.3 is 0 Å². The lowest BCUT2D eigenvalue weighted by Crippen LogP contribution is -1.81. The molecule has 0 amide bonds. The lowest BCUT2D eigenvalue weighted by atomic mass is 10.4. The summed E-state index contributed by atoms with van der Waals surface area (Å²) in [5, 5.41) is 11.2. The molecule has 14 heavy (non-hydrogen) atoms. The van der Waals surface area contributed by atoms with Crippen molar-refractivity contribution < 1.29 is 4.42 Å². The molecule has 0 saturated heterocycles. The first-order chi connectivity index (χ1) is 6.95. The highest BCUT2D eigenvalue weighted by atomic mass is 16.3. The molecule has 70 valence electrons. The van der Waals surface area contributed by atoms with Crippen LogP contribution in [0.1, 0.15) is 5.76 Å². The predicted octanol–water partition coefficient (Wildman–Crippen LogP) is 1.42. The molecule has 5 nitrogen and oxygen atoms in total. The van der Waals surface area contributed by atoms with Gasteiger partial charge in [-0.2, -0.15) is 5.10 Å². The van der Waals surface area contributed by atoms with Crippen LogP contribution in [0.4, 0.5) is 0 Å². The minimum Gasteiger partial charge on any atom is -0.465 e. The number of nitrogens with zero attached hydrogens (tertiary/aromatic N) is 4. The molecule has 0 spiro atoms. The van der Waals surface area contributed by atoms with E-state index < -0.39 is 0 Å². The second-order valence-electron chi connectivity index (χ2n) is 2.48. The molecule has 5 heteroatoms. The average Bonchev–Trinajstić information content (AvgIpc) is 2.86. The number of hydrogen-bond acceptors (Lipinski definition) is 4. The fourth-order valence-electron chi connectivity index (χ4n) is 0.894. The molecule has 2 rings (SSSR count). The van der Waals surface area contributed by atoms with Crippen LogP contribution < -0.4 is 0 Å². The van der Waals surface area contributed by atoms with Gasteiger partial charge < -0.3 is 4.42 Å². The summed E-state index contributed by atoms with van der Waals surface area (Å²) in [6.07, 6.45) is 9.86. The van der Waals surface area contributed by atoms with Gasteiger partial charge in [0.1, 0.15) is 18.4 Å². The minimum absolute atomic E-state index is 0.792. The second kappa shape index (κ2) is 4.18. The van der Waals surface area contributed by atoms with Crippen molar-refractivity contribution in [2.24, 2.45) is 5.10 Å². The summed E-state index contributed by atoms with van der Waals surface area (Å²) in [6.45, 7) is 0. The van der Waals surface area contributed by atoms with Crippen molar-refractivity contribution in [2.45, 2.75) is 0 Å². The van der Waals surface area contributed by atoms with Crippen molar-refractivity contribution in [3.05, 3.63) is 42.9 Å². The third kappa shape index (κ3) is 2.16. The molecule has 0 atom stereocenters. The second-order valence-corrected chi connectivity index (χ2v) is 2.48. The zero-order valence-corrected chi connectivity index (χ0v) is 7.32. The Morgan fingerprint density at radius 3 is 2.93 bits per heavy atom. The first-order valence-corrected chi connectivity index (χ1v) is 4.04. The maximum absolute atomic E-state index is 5.09. The Kier molecular flexibility index (Phi) is 2.51. The fourth-order valence-corrected chi connectivity index (χ4v) is 0.894. The molecule has 0 aliphatic rings. The molecule has 0 saturated carbocycles. The van der Waals surface area contributed by atoms with Gasteiger partial charge in [0.25, 0.3) is 0 Å². The van der Waals surface area contributed by atoms with Gasteiger partial charge in [0.05, 0.1) is 6.26 Å². The minimum atomic E-state index is 0.792. The van der Waals surface area contributed by atoms with Crippen LogP contribution in [-0.2, 0) is 0 Å². The van der Waals surface area contributed by atoms with Crippen molar-refractivity contribution in [1.82, 2.24) is 14.9 Å². The van der Waals surface area contributed by atoms with Gasteiger partial charge in [-0.25, -0.2) is 4.68 Å². The van der Waals surface area contributed by atoms with Crippen molar-refractivity contribution in [1.29, 1.82) is 0 Å². The maximum Gasteiger partial charge on any atom is 0.141 e. The van der Waals surface area contributed by atoms with E-state index in [9.17, 15) is 0 Å². The van der Waals surface area contributed by atoms with E-state index in [4.69, 9.17) is 4.42 Å². The SMILES string of the molecule is C(=Cc1ccco1)C=Nn1cnnc1. The van der Waals surface area contributed by atoms with Crippen molar-refractivity contribution in [3.8, 4) is 0 Å². The number of hydrogen-bond donors (Lipinski definition) is 0. The Hall–Kier alpha value is -2.17. The molecule has 0 unspecified atom stereocenters. The topological polar surface area (TPSA) is 56.2 Å². The third-order valence-corrected chi connectivity index (χ3v) is 1.50. The van der Waals surface area contributed by atoms with Gasteiger partial charge in [-0.05, 0) is 24.3 Å². The van der Waals surface area contributed by atoms with E-state index in [0.717, 1.165) is 5.76 Å². The van der Waals surface area contributed by atoms with Crippen LogP contribution in [0.15, 0.2) is 46.6 Å². The van der Waals surface area contributed by atoms with Crippen molar-refractivity contribution in [3.63, 3.8) is 0 Å². The van der Waals surface area contributed by atoms with Gasteiger partial charge in [0, 0.05) is 6.21 Å². The standard InChI is InChI=1S/C9H8N4O/c1(3-9-4-2-6-14-9)5-12-13-7-10-11-8-13/h1-8H. The van der Waals surface area contributed by atoms with E-state index in [-0.39, 0.29) is 0 Å². The summed E-state index contributed by atoms with van der Waals surface area (Å²) in [6, 6.07) is 3.69. The van der Waals surface area contributed by atoms with Crippen LogP contribution in [0.25, 0.3) is 6.08 Å². The van der Waals surface area contributed by atoms with Crippen LogP contribution in [0.2, 0.25) is 0 Å². The Balaban J connectivity index is 1.94. The number of rotatable bonds is 3. The molecule has 0 aliphatic heterocycles. The van der Waals surface area contributed by atoms with Crippen molar-refractivity contribution >= 4 is 12.3 Å². The fraction of sp³-hybridized carbons (Fsp3) is 0. The van der Waals surface area contributed by atoms with E-state index in [1.165, 1.54) is 17.3 Å². The smallest absolute Gasteiger partial charge is 0.141 e. The number of allylic oxidation sites excluding steroid dienone is 1. The van der Waals surface area contributed by atoms with Crippen LogP contribution in [0.3, 0.4) is 0 Å². The molecular formula is C9H8N4O. The van der Waals surface area contributed by atoms with Crippen LogP contribution in [-0.4, -0.2) is 21.1 Å². The van der Waals surface area contributed by atoms with Gasteiger partial charge in [-0.3, -0.25) is 0 Å². The summed E-state index contributed by atoms with van der Waals surface area (Å²) in [7, 11) is 0. The summed E-state index contributed by atoms with van der Waals surface area (Å²) in [5.41, 5.74) is 0. The van der Waals surface area contributed by atoms with E-state index in [0.29, 0.717) is 0 Å². The van der Waals surface area contributed by atoms with Gasteiger partial charge in [-0.15, -0.1) is 10.2 Å². The van der Waals surface area contributed by atoms with Crippen LogP contribution in [0, 0.1) is 0 Å². The van der Waals surface area contributed by atoms with Gasteiger partial charge in [-0.1, -0.05) is 0 Å². The van der Waals surface area contributed by atoms with Crippen LogP contribution >= 0.6 is 0 Å². The number of aromatic nitrogens is 3. The predicted molar refractivity (Wildman–Crippen MR) is 51.7 cm³/mol. The van der Waals surface area contributed by atoms with Crippen molar-refractivity contribution in [2.75, 3.05) is 0 Å². The average molecular weight is 188 g/mol. The summed E-state index contributed by atoms with van der Waals surface area (Å²) in [4.78, 5) is 0. The molecule has 0 N–H and O–H groups in total. The quantitative estimate of drug-likeness (QED) is 0.684. The normalized spacial score (nSPS) is 11.7. The summed E-state index contributed by atoms with van der Waals surface area (Å²) < 4.78 is 6.60. The maximum atomic E-state index is 5.09. The first-order valence-electron chi connectivity index (χ1n) is 4.04. The first kappa shape index (κ1) is 8.43. The van der Waals surface area contributed by atoms with E-state index in [1.54, 1.807) is 18.6 Å². The molecule has 0 aliphatic carbocycles. The van der Waals surface area contributed by atoms with Gasteiger partial charge in [0.2, 0.25) is 0 Å². The molecular weight excluding hydrogens is 180 g/mol. The molecule has 0 fully saturated rings. The molecule has 0 aromatic carbocycles. The summed E-state index contributed by atoms with van der Waals surface area (Å²) >= 11 is 0. The number of furan rings is 1. The molecule has 2 aromatic heterocycles. The molecule has 2 aromatic rings. The van der Waals surface area contributed by atoms with Crippen LogP contribution in [0.5, 0.6) is 0 Å². The zero-order chi connectivity index (χ0) is 9.64. The van der Waals surface area contributed by atoms with E-state index >= 15 is 0 Å². The Morgan fingerprint density at radius 2 is 2.21 bits per heavy atom. The zero-order valence-electron chi connectivity index (χ0n) is 7.32. The highest BCUT2D eigenvalue weighted by Crippen LogP contribution is 2.00. The molecule has 0 radical (unpaired) electrons. The molecule has 2 heterocycles. The third-order valence-electron chi connectivity index (χ3n) is 1.50. The lowest BCUT2D eigenvalue weighted by molar-refractivity contribution is 0.557. The highest BCUT2D eigenvalue weighted by molar-refractivity contribution is 5.77. The largest absolute Gasteiger partial charge is 0.465 e. The van der Waals surface area contributed by atoms with E-state index in [2.05, 4.69) is 15.3 Å². The monoisotopic (exact) mass is 188 g/mol. The lowest BCUT2D eigenvalue weighted by Gasteiger charge is -1.84.